The fourth-order valence-corrected chi connectivity index (χ4v) is 3.67. The normalized spacial score (nSPS) is 26.1. The lowest BCUT2D eigenvalue weighted by atomic mass is 10.0. The van der Waals surface area contributed by atoms with Crippen LogP contribution < -0.4 is 0 Å². The molecule has 1 unspecified atom stereocenters. The molecule has 1 aliphatic heterocycles. The summed E-state index contributed by atoms with van der Waals surface area (Å²) in [6.45, 7) is 17.5. The second-order valence-corrected chi connectivity index (χ2v) is 13.0. The second kappa shape index (κ2) is 6.74. The van der Waals surface area contributed by atoms with E-state index in [1.165, 1.54) is 0 Å². The molecule has 0 amide bonds. The van der Waals surface area contributed by atoms with Crippen LogP contribution >= 0.6 is 0 Å². The van der Waals surface area contributed by atoms with E-state index >= 15 is 0 Å². The van der Waals surface area contributed by atoms with E-state index in [2.05, 4.69) is 33.9 Å². The molecule has 0 radical (unpaired) electrons. The number of ketones is 2. The molecule has 5 nitrogen and oxygen atoms in total. The Morgan fingerprint density at radius 2 is 1.65 bits per heavy atom. The van der Waals surface area contributed by atoms with Crippen molar-refractivity contribution in [1.82, 2.24) is 0 Å². The van der Waals surface area contributed by atoms with Crippen molar-refractivity contribution in [2.24, 2.45) is 0 Å². The zero-order valence-corrected chi connectivity index (χ0v) is 17.0. The molecule has 1 fully saturated rings. The van der Waals surface area contributed by atoms with Crippen LogP contribution in [0.5, 0.6) is 0 Å². The second-order valence-electron chi connectivity index (χ2n) is 8.22. The van der Waals surface area contributed by atoms with Crippen LogP contribution in [0.4, 0.5) is 0 Å². The van der Waals surface area contributed by atoms with Gasteiger partial charge in [0.15, 0.2) is 37.9 Å². The van der Waals surface area contributed by atoms with Crippen molar-refractivity contribution < 1.29 is 23.5 Å². The van der Waals surface area contributed by atoms with Crippen LogP contribution in [-0.2, 0) is 23.5 Å². The van der Waals surface area contributed by atoms with Gasteiger partial charge in [0, 0.05) is 6.42 Å². The highest BCUT2D eigenvalue weighted by Crippen LogP contribution is 2.38. The summed E-state index contributed by atoms with van der Waals surface area (Å²) in [5, 5.41) is 0.00643. The van der Waals surface area contributed by atoms with Crippen LogP contribution in [0.2, 0.25) is 18.1 Å². The van der Waals surface area contributed by atoms with Crippen LogP contribution in [0.1, 0.15) is 54.9 Å². The van der Waals surface area contributed by atoms with Gasteiger partial charge in [0.1, 0.15) is 6.10 Å². The maximum Gasteiger partial charge on any atom is 0.193 e. The first-order valence-electron chi connectivity index (χ1n) is 8.32. The fraction of sp³-hybridized carbons (Fsp3) is 0.882. The molecule has 1 aliphatic rings. The van der Waals surface area contributed by atoms with Gasteiger partial charge in [-0.1, -0.05) is 27.7 Å². The topological polar surface area (TPSA) is 61.8 Å². The Morgan fingerprint density at radius 1 is 1.17 bits per heavy atom. The average Bonchev–Trinajstić information content (AvgIpc) is 2.71. The van der Waals surface area contributed by atoms with Gasteiger partial charge in [0.2, 0.25) is 0 Å². The molecular formula is C17H32O5Si. The lowest BCUT2D eigenvalue weighted by Crippen LogP contribution is -2.49. The van der Waals surface area contributed by atoms with Gasteiger partial charge >= 0.3 is 0 Å². The highest BCUT2D eigenvalue weighted by atomic mass is 28.4. The van der Waals surface area contributed by atoms with Gasteiger partial charge in [-0.3, -0.25) is 9.59 Å². The number of carbonyl (C=O) groups excluding carboxylic acids is 2. The molecule has 1 rings (SSSR count). The minimum absolute atomic E-state index is 0.00643. The molecule has 0 N–H and O–H groups in total. The molecule has 134 valence electrons. The highest BCUT2D eigenvalue weighted by Gasteiger charge is 2.50. The van der Waals surface area contributed by atoms with Gasteiger partial charge in [0.25, 0.3) is 0 Å². The van der Waals surface area contributed by atoms with Gasteiger partial charge in [-0.25, -0.2) is 0 Å². The van der Waals surface area contributed by atoms with E-state index in [9.17, 15) is 9.59 Å². The van der Waals surface area contributed by atoms with Crippen molar-refractivity contribution in [2.75, 3.05) is 0 Å². The minimum atomic E-state index is -2.08. The largest absolute Gasteiger partial charge is 0.407 e. The zero-order valence-electron chi connectivity index (χ0n) is 16.0. The Morgan fingerprint density at radius 3 is 2.09 bits per heavy atom. The quantitative estimate of drug-likeness (QED) is 0.691. The smallest absolute Gasteiger partial charge is 0.193 e. The predicted octanol–water partition coefficient (Wildman–Crippen LogP) is 3.47. The first-order chi connectivity index (χ1) is 10.2. The van der Waals surface area contributed by atoms with E-state index < -0.39 is 32.4 Å². The first-order valence-corrected chi connectivity index (χ1v) is 11.2. The lowest BCUT2D eigenvalue weighted by Gasteiger charge is -2.38. The summed E-state index contributed by atoms with van der Waals surface area (Å²) in [5.41, 5.74) is 0. The minimum Gasteiger partial charge on any atom is -0.407 e. The summed E-state index contributed by atoms with van der Waals surface area (Å²) in [4.78, 5) is 24.9. The Bertz CT molecular complexity index is 464. The van der Waals surface area contributed by atoms with Gasteiger partial charge < -0.3 is 13.9 Å². The van der Waals surface area contributed by atoms with E-state index in [0.29, 0.717) is 6.42 Å². The van der Waals surface area contributed by atoms with Crippen LogP contribution in [0.25, 0.3) is 0 Å². The molecule has 6 heteroatoms. The van der Waals surface area contributed by atoms with Crippen molar-refractivity contribution in [1.29, 1.82) is 0 Å². The summed E-state index contributed by atoms with van der Waals surface area (Å²) >= 11 is 0. The molecule has 0 aliphatic carbocycles. The SMILES string of the molecule is CCC(=O)[C@H]1OC(C)(C)O[C@H]1C(=O)C(C)O[Si](C)(C)C(C)(C)C. The summed E-state index contributed by atoms with van der Waals surface area (Å²) in [5.74, 6) is -1.27. The predicted molar refractivity (Wildman–Crippen MR) is 91.9 cm³/mol. The summed E-state index contributed by atoms with van der Waals surface area (Å²) in [7, 11) is -2.08. The van der Waals surface area contributed by atoms with Crippen LogP contribution in [0, 0.1) is 0 Å². The molecule has 23 heavy (non-hydrogen) atoms. The van der Waals surface area contributed by atoms with Crippen molar-refractivity contribution in [3.8, 4) is 0 Å². The Hall–Kier alpha value is -0.563. The average molecular weight is 345 g/mol. The zero-order chi connectivity index (χ0) is 18.2. The molecule has 0 bridgehead atoms. The van der Waals surface area contributed by atoms with Gasteiger partial charge in [-0.05, 0) is 38.9 Å². The standard InChI is InChI=1S/C17H32O5Si/c1-10-12(18)14-15(21-17(6,7)20-14)13(19)11(2)22-23(8,9)16(3,4)5/h11,14-15H,10H2,1-9H3/t11?,14-,15+/m1/s1. The van der Waals surface area contributed by atoms with E-state index in [0.717, 1.165) is 0 Å². The number of carbonyl (C=O) groups is 2. The highest BCUT2D eigenvalue weighted by molar-refractivity contribution is 6.74. The molecule has 0 aromatic heterocycles. The van der Waals surface area contributed by atoms with Crippen molar-refractivity contribution in [3.05, 3.63) is 0 Å². The number of hydrogen-bond acceptors (Lipinski definition) is 5. The molecule has 0 spiro atoms. The van der Waals surface area contributed by atoms with Gasteiger partial charge in [-0.15, -0.1) is 0 Å². The molecule has 1 saturated heterocycles. The number of Topliss-reactive ketones (excluding diaryl/α,β-unsaturated/α-hetero) is 2. The van der Waals surface area contributed by atoms with E-state index in [4.69, 9.17) is 13.9 Å². The fourth-order valence-electron chi connectivity index (χ4n) is 2.31. The van der Waals surface area contributed by atoms with E-state index in [1.54, 1.807) is 27.7 Å². The number of hydrogen-bond donors (Lipinski definition) is 0. The van der Waals surface area contributed by atoms with Crippen LogP contribution in [0.15, 0.2) is 0 Å². The monoisotopic (exact) mass is 344 g/mol. The third kappa shape index (κ3) is 4.72. The Kier molecular flexibility index (Phi) is 6.01. The lowest BCUT2D eigenvalue weighted by molar-refractivity contribution is -0.160. The molecule has 0 aromatic carbocycles. The van der Waals surface area contributed by atoms with Crippen LogP contribution in [-0.4, -0.2) is 44.0 Å². The first kappa shape index (κ1) is 20.5. The van der Waals surface area contributed by atoms with Gasteiger partial charge in [0.05, 0.1) is 0 Å². The number of rotatable bonds is 6. The van der Waals surface area contributed by atoms with Crippen molar-refractivity contribution in [2.45, 2.75) is 97.1 Å². The van der Waals surface area contributed by atoms with Crippen LogP contribution in [0.3, 0.4) is 0 Å². The van der Waals surface area contributed by atoms with Gasteiger partial charge in [-0.2, -0.15) is 0 Å². The third-order valence-corrected chi connectivity index (χ3v) is 9.28. The Labute approximate surface area is 141 Å². The maximum absolute atomic E-state index is 12.8. The molecule has 3 atom stereocenters. The summed E-state index contributed by atoms with van der Waals surface area (Å²) in [6, 6.07) is 0. The molecule has 0 saturated carbocycles. The third-order valence-electron chi connectivity index (χ3n) is 4.72. The molecule has 1 heterocycles. The van der Waals surface area contributed by atoms with Crippen molar-refractivity contribution >= 4 is 19.9 Å². The Balaban J connectivity index is 2.92. The number of ether oxygens (including phenoxy) is 2. The van der Waals surface area contributed by atoms with Crippen molar-refractivity contribution in [3.63, 3.8) is 0 Å². The molecular weight excluding hydrogens is 312 g/mol. The van der Waals surface area contributed by atoms with E-state index in [1.807, 2.05) is 0 Å². The maximum atomic E-state index is 12.8. The summed E-state index contributed by atoms with van der Waals surface area (Å²) < 4.78 is 17.5. The summed E-state index contributed by atoms with van der Waals surface area (Å²) in [6.07, 6.45) is -2.04. The molecule has 0 aromatic rings. The van der Waals surface area contributed by atoms with E-state index in [-0.39, 0.29) is 16.6 Å².